The second-order valence-electron chi connectivity index (χ2n) is 8.67. The van der Waals surface area contributed by atoms with E-state index in [1.165, 1.54) is 16.2 Å². The molecule has 0 saturated carbocycles. The van der Waals surface area contributed by atoms with Gasteiger partial charge < -0.3 is 14.5 Å². The number of carbonyl (C=O) groups excluding carboxylic acids is 1. The van der Waals surface area contributed by atoms with E-state index in [2.05, 4.69) is 48.2 Å². The fourth-order valence-corrected chi connectivity index (χ4v) is 4.88. The molecule has 3 aromatic rings. The first kappa shape index (κ1) is 20.6. The molecule has 5 rings (SSSR count). The van der Waals surface area contributed by atoms with Gasteiger partial charge in [-0.3, -0.25) is 9.69 Å². The second kappa shape index (κ2) is 9.05. The Morgan fingerprint density at radius 3 is 2.31 bits per heavy atom. The summed E-state index contributed by atoms with van der Waals surface area (Å²) in [6, 6.07) is 26.5. The van der Waals surface area contributed by atoms with Crippen LogP contribution in [0.4, 0.5) is 11.4 Å². The lowest BCUT2D eigenvalue weighted by molar-refractivity contribution is -0.892. The lowest BCUT2D eigenvalue weighted by Gasteiger charge is -2.39. The fraction of sp³-hybridized carbons (Fsp3) is 0.296. The van der Waals surface area contributed by atoms with Gasteiger partial charge in [0.05, 0.1) is 37.9 Å². The number of nitrogens with zero attached hydrogens (tertiary/aromatic N) is 2. The molecule has 0 radical (unpaired) electrons. The molecule has 0 spiro atoms. The second-order valence-corrected chi connectivity index (χ2v) is 8.67. The summed E-state index contributed by atoms with van der Waals surface area (Å²) in [5, 5.41) is 0. The molecule has 0 aromatic heterocycles. The number of anilines is 2. The number of fused-ring (bicyclic) bond motifs is 1. The van der Waals surface area contributed by atoms with Crippen LogP contribution in [0.25, 0.3) is 0 Å². The Kier molecular flexibility index (Phi) is 5.82. The molecule has 164 valence electrons. The number of benzene rings is 3. The van der Waals surface area contributed by atoms with Crippen molar-refractivity contribution in [1.29, 1.82) is 0 Å². The number of ether oxygens (including phenoxy) is 1. The van der Waals surface area contributed by atoms with Crippen molar-refractivity contribution in [2.45, 2.75) is 13.0 Å². The minimum atomic E-state index is -0.105. The quantitative estimate of drug-likeness (QED) is 0.694. The van der Waals surface area contributed by atoms with Crippen molar-refractivity contribution in [3.05, 3.63) is 90.0 Å². The van der Waals surface area contributed by atoms with E-state index in [-0.39, 0.29) is 11.9 Å². The number of para-hydroxylation sites is 3. The molecule has 1 amide bonds. The minimum absolute atomic E-state index is 0.105. The Labute approximate surface area is 189 Å². The molecule has 32 heavy (non-hydrogen) atoms. The highest BCUT2D eigenvalue weighted by atomic mass is 16.5. The van der Waals surface area contributed by atoms with Gasteiger partial charge in [-0.1, -0.05) is 60.7 Å². The van der Waals surface area contributed by atoms with Crippen molar-refractivity contribution >= 4 is 17.3 Å². The van der Waals surface area contributed by atoms with E-state index in [1.807, 2.05) is 47.4 Å². The predicted molar refractivity (Wildman–Crippen MR) is 128 cm³/mol. The van der Waals surface area contributed by atoms with E-state index in [4.69, 9.17) is 4.74 Å². The van der Waals surface area contributed by atoms with Gasteiger partial charge in [0.2, 0.25) is 0 Å². The molecule has 2 aliphatic heterocycles. The van der Waals surface area contributed by atoms with Gasteiger partial charge in [0, 0.05) is 5.69 Å². The minimum Gasteiger partial charge on any atom is -0.489 e. The summed E-state index contributed by atoms with van der Waals surface area (Å²) in [4.78, 5) is 19.4. The maximum atomic E-state index is 13.7. The van der Waals surface area contributed by atoms with Crippen LogP contribution in [0.1, 0.15) is 17.2 Å². The number of amides is 1. The Morgan fingerprint density at radius 2 is 1.56 bits per heavy atom. The standard InChI is InChI=1S/C27H29N3O2/c1-21-9-5-6-12-23(21)29-17-15-28(16-18-29)19-27(31)30-24-13-7-8-14-26(24)32-20-25(30)22-10-3-2-4-11-22/h2-14,25H,15-20H2,1H3/p+1/t25-/m0/s1. The number of carbonyl (C=O) groups is 1. The third-order valence-corrected chi connectivity index (χ3v) is 6.61. The molecule has 0 unspecified atom stereocenters. The first-order valence-corrected chi connectivity index (χ1v) is 11.4. The summed E-state index contributed by atoms with van der Waals surface area (Å²) in [6.45, 7) is 6.99. The first-order chi connectivity index (χ1) is 15.7. The number of quaternary nitrogens is 1. The summed E-state index contributed by atoms with van der Waals surface area (Å²) in [7, 11) is 0. The average Bonchev–Trinajstić information content (AvgIpc) is 2.85. The summed E-state index contributed by atoms with van der Waals surface area (Å²) in [6.07, 6.45) is 0. The van der Waals surface area contributed by atoms with Crippen LogP contribution in [0.5, 0.6) is 5.75 Å². The largest absolute Gasteiger partial charge is 0.489 e. The topological polar surface area (TPSA) is 37.2 Å². The monoisotopic (exact) mass is 428 g/mol. The predicted octanol–water partition coefficient (Wildman–Crippen LogP) is 2.87. The lowest BCUT2D eigenvalue weighted by atomic mass is 10.0. The van der Waals surface area contributed by atoms with Crippen LogP contribution < -0.4 is 19.4 Å². The van der Waals surface area contributed by atoms with Gasteiger partial charge in [-0.15, -0.1) is 0 Å². The van der Waals surface area contributed by atoms with Crippen LogP contribution >= 0.6 is 0 Å². The van der Waals surface area contributed by atoms with E-state index in [9.17, 15) is 4.79 Å². The zero-order valence-corrected chi connectivity index (χ0v) is 18.5. The zero-order valence-electron chi connectivity index (χ0n) is 18.5. The SMILES string of the molecule is Cc1ccccc1N1CC[NH+](CC(=O)N2c3ccccc3OC[C@H]2c2ccccc2)CC1. The summed E-state index contributed by atoms with van der Waals surface area (Å²) >= 11 is 0. The Balaban J connectivity index is 1.32. The molecule has 0 bridgehead atoms. The molecule has 0 aliphatic carbocycles. The third-order valence-electron chi connectivity index (χ3n) is 6.61. The van der Waals surface area contributed by atoms with Crippen molar-refractivity contribution < 1.29 is 14.4 Å². The molecule has 5 nitrogen and oxygen atoms in total. The van der Waals surface area contributed by atoms with Crippen LogP contribution in [0.3, 0.4) is 0 Å². The Hall–Kier alpha value is -3.31. The van der Waals surface area contributed by atoms with E-state index in [1.54, 1.807) is 0 Å². The number of nitrogens with one attached hydrogen (secondary N) is 1. The number of aryl methyl sites for hydroxylation is 1. The first-order valence-electron chi connectivity index (χ1n) is 11.4. The van der Waals surface area contributed by atoms with Crippen LogP contribution in [0, 0.1) is 6.92 Å². The molecule has 1 atom stereocenters. The van der Waals surface area contributed by atoms with Crippen molar-refractivity contribution in [2.24, 2.45) is 0 Å². The molecular weight excluding hydrogens is 398 g/mol. The zero-order chi connectivity index (χ0) is 21.9. The summed E-state index contributed by atoms with van der Waals surface area (Å²) in [5.74, 6) is 0.946. The van der Waals surface area contributed by atoms with E-state index < -0.39 is 0 Å². The van der Waals surface area contributed by atoms with Gasteiger partial charge in [0.1, 0.15) is 12.4 Å². The highest BCUT2D eigenvalue weighted by Crippen LogP contribution is 2.39. The lowest BCUT2D eigenvalue weighted by Crippen LogP contribution is -3.16. The smallest absolute Gasteiger partial charge is 0.282 e. The summed E-state index contributed by atoms with van der Waals surface area (Å²) < 4.78 is 6.03. The van der Waals surface area contributed by atoms with Gasteiger partial charge in [-0.2, -0.15) is 0 Å². The average molecular weight is 429 g/mol. The number of rotatable bonds is 4. The number of hydrogen-bond acceptors (Lipinski definition) is 3. The van der Waals surface area contributed by atoms with Gasteiger partial charge >= 0.3 is 0 Å². The molecule has 5 heteroatoms. The Bertz CT molecular complexity index is 1080. The maximum absolute atomic E-state index is 13.7. The normalized spacial score (nSPS) is 18.7. The number of hydrogen-bond donors (Lipinski definition) is 1. The van der Waals surface area contributed by atoms with E-state index in [0.29, 0.717) is 13.2 Å². The molecule has 1 fully saturated rings. The molecule has 1 N–H and O–H groups in total. The van der Waals surface area contributed by atoms with Crippen LogP contribution in [0.2, 0.25) is 0 Å². The molecular formula is C27H30N3O2+. The maximum Gasteiger partial charge on any atom is 0.282 e. The highest BCUT2D eigenvalue weighted by molar-refractivity contribution is 5.96. The molecule has 2 heterocycles. The van der Waals surface area contributed by atoms with Crippen LogP contribution in [-0.2, 0) is 4.79 Å². The summed E-state index contributed by atoms with van der Waals surface area (Å²) in [5.41, 5.74) is 4.59. The van der Waals surface area contributed by atoms with Crippen molar-refractivity contribution in [3.8, 4) is 5.75 Å². The van der Waals surface area contributed by atoms with Crippen LogP contribution in [0.15, 0.2) is 78.9 Å². The highest BCUT2D eigenvalue weighted by Gasteiger charge is 2.35. The molecule has 3 aromatic carbocycles. The van der Waals surface area contributed by atoms with Crippen molar-refractivity contribution in [3.63, 3.8) is 0 Å². The van der Waals surface area contributed by atoms with Gasteiger partial charge in [-0.25, -0.2) is 0 Å². The third kappa shape index (κ3) is 4.08. The van der Waals surface area contributed by atoms with Crippen molar-refractivity contribution in [1.82, 2.24) is 0 Å². The van der Waals surface area contributed by atoms with Crippen LogP contribution in [-0.4, -0.2) is 45.2 Å². The van der Waals surface area contributed by atoms with Crippen molar-refractivity contribution in [2.75, 3.05) is 49.1 Å². The Morgan fingerprint density at radius 1 is 0.906 bits per heavy atom. The number of piperazine rings is 1. The van der Waals surface area contributed by atoms with E-state index in [0.717, 1.165) is 43.2 Å². The molecule has 1 saturated heterocycles. The van der Waals surface area contributed by atoms with E-state index >= 15 is 0 Å². The van der Waals surface area contributed by atoms with Gasteiger partial charge in [0.25, 0.3) is 5.91 Å². The fourth-order valence-electron chi connectivity index (χ4n) is 4.88. The van der Waals surface area contributed by atoms with Gasteiger partial charge in [0.15, 0.2) is 6.54 Å². The molecule has 2 aliphatic rings. The van der Waals surface area contributed by atoms with Gasteiger partial charge in [-0.05, 0) is 36.2 Å².